The standard InChI is InChI=1S/C15H24N4O3/c16-12(20)11-4-8-18(9-5-11)10-19-13(21)15(17-14(19)22)6-2-1-3-7-15/h11H,1-10H2,(H2,16,20)(H,17,22)/p+1. The summed E-state index contributed by atoms with van der Waals surface area (Å²) in [5, 5.41) is 2.94. The van der Waals surface area contributed by atoms with Crippen LogP contribution >= 0.6 is 0 Å². The first kappa shape index (κ1) is 15.3. The molecule has 122 valence electrons. The van der Waals surface area contributed by atoms with E-state index < -0.39 is 5.54 Å². The van der Waals surface area contributed by atoms with Crippen molar-refractivity contribution in [2.75, 3.05) is 19.8 Å². The van der Waals surface area contributed by atoms with Crippen LogP contribution in [-0.4, -0.2) is 48.0 Å². The fourth-order valence-corrected chi connectivity index (χ4v) is 4.01. The molecule has 2 aliphatic heterocycles. The number of nitrogens with zero attached hydrogens (tertiary/aromatic N) is 1. The number of nitrogens with one attached hydrogen (secondary N) is 2. The quantitative estimate of drug-likeness (QED) is 0.582. The zero-order valence-corrected chi connectivity index (χ0v) is 12.9. The summed E-state index contributed by atoms with van der Waals surface area (Å²) in [6.07, 6.45) is 6.11. The molecule has 1 spiro atoms. The Balaban J connectivity index is 1.60. The fraction of sp³-hybridized carbons (Fsp3) is 0.800. The van der Waals surface area contributed by atoms with E-state index in [0.717, 1.165) is 58.0 Å². The molecule has 3 rings (SSSR count). The van der Waals surface area contributed by atoms with Gasteiger partial charge in [-0.1, -0.05) is 19.3 Å². The van der Waals surface area contributed by atoms with Gasteiger partial charge in [-0.05, 0) is 12.8 Å². The highest BCUT2D eigenvalue weighted by Crippen LogP contribution is 2.33. The third kappa shape index (κ3) is 2.69. The number of amides is 4. The van der Waals surface area contributed by atoms with Gasteiger partial charge in [-0.25, -0.2) is 9.69 Å². The number of piperidine rings is 1. The fourth-order valence-electron chi connectivity index (χ4n) is 4.01. The van der Waals surface area contributed by atoms with Crippen LogP contribution in [0.15, 0.2) is 0 Å². The lowest BCUT2D eigenvalue weighted by atomic mass is 9.82. The van der Waals surface area contributed by atoms with Gasteiger partial charge in [0, 0.05) is 18.8 Å². The molecule has 0 radical (unpaired) electrons. The number of hydrogen-bond donors (Lipinski definition) is 3. The number of carbonyl (C=O) groups is 3. The van der Waals surface area contributed by atoms with E-state index in [9.17, 15) is 14.4 Å². The van der Waals surface area contributed by atoms with Crippen LogP contribution in [-0.2, 0) is 9.59 Å². The zero-order valence-electron chi connectivity index (χ0n) is 12.9. The van der Waals surface area contributed by atoms with E-state index in [1.54, 1.807) is 0 Å². The minimum Gasteiger partial charge on any atom is -0.369 e. The van der Waals surface area contributed by atoms with Gasteiger partial charge in [-0.3, -0.25) is 9.59 Å². The molecule has 7 heteroatoms. The molecular weight excluding hydrogens is 284 g/mol. The largest absolute Gasteiger partial charge is 0.369 e. The summed E-state index contributed by atoms with van der Waals surface area (Å²) in [4.78, 5) is 38.7. The smallest absolute Gasteiger partial charge is 0.329 e. The molecule has 4 amide bonds. The van der Waals surface area contributed by atoms with Crippen LogP contribution in [0.4, 0.5) is 4.79 Å². The SMILES string of the molecule is NC(=O)C1CC[NH+](CN2C(=O)NC3(CCCCC3)C2=O)CC1. The van der Waals surface area contributed by atoms with E-state index in [-0.39, 0.29) is 23.8 Å². The van der Waals surface area contributed by atoms with E-state index in [0.29, 0.717) is 6.67 Å². The highest BCUT2D eigenvalue weighted by molar-refractivity contribution is 6.06. The molecule has 1 aliphatic carbocycles. The van der Waals surface area contributed by atoms with E-state index in [1.165, 1.54) is 9.80 Å². The first-order valence-corrected chi connectivity index (χ1v) is 8.29. The number of rotatable bonds is 3. The number of likely N-dealkylation sites (tertiary alicyclic amines) is 1. The number of nitrogens with two attached hydrogens (primary N) is 1. The molecule has 0 aromatic heterocycles. The number of imide groups is 1. The molecule has 3 fully saturated rings. The van der Waals surface area contributed by atoms with E-state index in [1.807, 2.05) is 0 Å². The van der Waals surface area contributed by atoms with Gasteiger partial charge < -0.3 is 16.0 Å². The Labute approximate surface area is 130 Å². The van der Waals surface area contributed by atoms with Crippen molar-refractivity contribution in [3.8, 4) is 0 Å². The van der Waals surface area contributed by atoms with Crippen LogP contribution in [0.2, 0.25) is 0 Å². The summed E-state index contributed by atoms with van der Waals surface area (Å²) in [5.41, 5.74) is 4.70. The van der Waals surface area contributed by atoms with Gasteiger partial charge in [-0.2, -0.15) is 0 Å². The summed E-state index contributed by atoms with van der Waals surface area (Å²) in [6, 6.07) is -0.253. The minimum atomic E-state index is -0.639. The molecule has 2 saturated heterocycles. The number of primary amides is 1. The van der Waals surface area contributed by atoms with Crippen molar-refractivity contribution in [2.24, 2.45) is 11.7 Å². The van der Waals surface area contributed by atoms with Crippen LogP contribution in [0.25, 0.3) is 0 Å². The Hall–Kier alpha value is -1.63. The van der Waals surface area contributed by atoms with E-state index >= 15 is 0 Å². The minimum absolute atomic E-state index is 0.0540. The predicted molar refractivity (Wildman–Crippen MR) is 78.7 cm³/mol. The van der Waals surface area contributed by atoms with Gasteiger partial charge >= 0.3 is 6.03 Å². The molecule has 4 N–H and O–H groups in total. The van der Waals surface area contributed by atoms with Gasteiger partial charge in [0.05, 0.1) is 13.1 Å². The third-order valence-corrected chi connectivity index (χ3v) is 5.43. The second-order valence-electron chi connectivity index (χ2n) is 6.89. The van der Waals surface area contributed by atoms with Gasteiger partial charge in [0.1, 0.15) is 5.54 Å². The maximum atomic E-state index is 12.7. The summed E-state index contributed by atoms with van der Waals surface area (Å²) in [7, 11) is 0. The first-order chi connectivity index (χ1) is 10.5. The molecule has 7 nitrogen and oxygen atoms in total. The molecule has 0 aromatic rings. The van der Waals surface area contributed by atoms with Crippen LogP contribution in [0, 0.1) is 5.92 Å². The molecule has 22 heavy (non-hydrogen) atoms. The molecule has 0 unspecified atom stereocenters. The van der Waals surface area contributed by atoms with Crippen molar-refractivity contribution < 1.29 is 19.3 Å². The zero-order chi connectivity index (χ0) is 15.7. The van der Waals surface area contributed by atoms with Crippen molar-refractivity contribution in [3.63, 3.8) is 0 Å². The summed E-state index contributed by atoms with van der Waals surface area (Å²) in [6.45, 7) is 1.95. The van der Waals surface area contributed by atoms with Gasteiger partial charge in [0.25, 0.3) is 5.91 Å². The molecule has 0 aromatic carbocycles. The number of urea groups is 1. The second kappa shape index (κ2) is 5.87. The highest BCUT2D eigenvalue weighted by atomic mass is 16.2. The highest BCUT2D eigenvalue weighted by Gasteiger charge is 2.52. The molecule has 0 bridgehead atoms. The topological polar surface area (TPSA) is 96.9 Å². The Bertz CT molecular complexity index is 479. The van der Waals surface area contributed by atoms with Crippen LogP contribution in [0.1, 0.15) is 44.9 Å². The van der Waals surface area contributed by atoms with Gasteiger partial charge in [0.15, 0.2) is 6.67 Å². The summed E-state index contributed by atoms with van der Waals surface area (Å²) < 4.78 is 0. The van der Waals surface area contributed by atoms with E-state index in [4.69, 9.17) is 5.73 Å². The van der Waals surface area contributed by atoms with Crippen LogP contribution in [0.3, 0.4) is 0 Å². The lowest BCUT2D eigenvalue weighted by molar-refractivity contribution is -0.912. The number of quaternary nitrogens is 1. The number of carbonyl (C=O) groups excluding carboxylic acids is 3. The van der Waals surface area contributed by atoms with E-state index in [2.05, 4.69) is 5.32 Å². The Morgan fingerprint density at radius 3 is 2.45 bits per heavy atom. The average molecular weight is 309 g/mol. The monoisotopic (exact) mass is 309 g/mol. The Kier molecular flexibility index (Phi) is 4.08. The lowest BCUT2D eigenvalue weighted by Crippen LogP contribution is -3.14. The van der Waals surface area contributed by atoms with Gasteiger partial charge in [0.2, 0.25) is 5.91 Å². The maximum absolute atomic E-state index is 12.7. The normalized spacial score (nSPS) is 31.4. The molecular formula is C15H25N4O3+. The van der Waals surface area contributed by atoms with Crippen LogP contribution in [0.5, 0.6) is 0 Å². The number of hydrogen-bond acceptors (Lipinski definition) is 3. The van der Waals surface area contributed by atoms with Crippen molar-refractivity contribution in [3.05, 3.63) is 0 Å². The lowest BCUT2D eigenvalue weighted by Gasteiger charge is -2.32. The first-order valence-electron chi connectivity index (χ1n) is 8.29. The predicted octanol–water partition coefficient (Wildman–Crippen LogP) is -1.02. The Morgan fingerprint density at radius 1 is 1.23 bits per heavy atom. The molecule has 3 aliphatic rings. The van der Waals surface area contributed by atoms with Gasteiger partial charge in [-0.15, -0.1) is 0 Å². The van der Waals surface area contributed by atoms with Crippen molar-refractivity contribution in [2.45, 2.75) is 50.5 Å². The Morgan fingerprint density at radius 2 is 1.86 bits per heavy atom. The molecule has 2 heterocycles. The maximum Gasteiger partial charge on any atom is 0.329 e. The average Bonchev–Trinajstić information content (AvgIpc) is 2.73. The van der Waals surface area contributed by atoms with Crippen molar-refractivity contribution >= 4 is 17.8 Å². The molecule has 1 saturated carbocycles. The third-order valence-electron chi connectivity index (χ3n) is 5.43. The van der Waals surface area contributed by atoms with Crippen LogP contribution < -0.4 is 16.0 Å². The van der Waals surface area contributed by atoms with Crippen molar-refractivity contribution in [1.29, 1.82) is 0 Å². The molecule has 0 atom stereocenters. The second-order valence-corrected chi connectivity index (χ2v) is 6.89. The summed E-state index contributed by atoms with van der Waals surface area (Å²) >= 11 is 0. The van der Waals surface area contributed by atoms with Crippen molar-refractivity contribution in [1.82, 2.24) is 10.2 Å². The summed E-state index contributed by atoms with van der Waals surface area (Å²) in [5.74, 6) is -0.353.